The van der Waals surface area contributed by atoms with Crippen LogP contribution in [-0.4, -0.2) is 28.3 Å². The van der Waals surface area contributed by atoms with Crippen LogP contribution in [0.15, 0.2) is 54.6 Å². The number of hydrogen-bond donors (Lipinski definition) is 1. The molecule has 0 aliphatic carbocycles. The van der Waals surface area contributed by atoms with E-state index in [1.165, 1.54) is 5.56 Å². The van der Waals surface area contributed by atoms with Crippen LogP contribution in [0.1, 0.15) is 43.9 Å². The molecule has 3 rings (SSSR count). The number of aromatic nitrogens is 2. The molecule has 1 atom stereocenters. The van der Waals surface area contributed by atoms with Crippen LogP contribution in [0.2, 0.25) is 0 Å². The second kappa shape index (κ2) is 9.05. The van der Waals surface area contributed by atoms with E-state index >= 15 is 0 Å². The number of nitrogens with zero attached hydrogens (tertiary/aromatic N) is 2. The Balaban J connectivity index is 2.13. The van der Waals surface area contributed by atoms with Gasteiger partial charge in [-0.1, -0.05) is 43.2 Å². The predicted molar refractivity (Wildman–Crippen MR) is 114 cm³/mol. The quantitative estimate of drug-likeness (QED) is 0.530. The van der Waals surface area contributed by atoms with E-state index in [1.54, 1.807) is 7.11 Å². The highest BCUT2D eigenvalue weighted by Crippen LogP contribution is 2.34. The van der Waals surface area contributed by atoms with Crippen molar-refractivity contribution < 1.29 is 14.6 Å². The average Bonchev–Trinajstić information content (AvgIpc) is 3.19. The molecule has 1 aromatic heterocycles. The molecule has 152 valence electrons. The van der Waals surface area contributed by atoms with Gasteiger partial charge in [-0.25, -0.2) is 4.68 Å². The Hall–Kier alpha value is -2.92. The Kier molecular flexibility index (Phi) is 6.49. The first-order chi connectivity index (χ1) is 14.0. The normalized spacial score (nSPS) is 13.1. The SMILES string of the molecule is CCCC(O)(CCC=O)c1cc(-c2ccc(C)cc2)n(-c2ccc(OC)cc2)n1. The molecule has 0 aliphatic heterocycles. The number of aliphatic hydroxyl groups is 1. The zero-order valence-corrected chi connectivity index (χ0v) is 17.3. The smallest absolute Gasteiger partial charge is 0.120 e. The predicted octanol–water partition coefficient (Wildman–Crippen LogP) is 4.82. The van der Waals surface area contributed by atoms with Gasteiger partial charge in [-0.2, -0.15) is 5.10 Å². The molecular weight excluding hydrogens is 364 g/mol. The number of aldehydes is 1. The maximum absolute atomic E-state index is 11.3. The molecule has 1 N–H and O–H groups in total. The van der Waals surface area contributed by atoms with E-state index in [0.717, 1.165) is 35.4 Å². The fraction of sp³-hybridized carbons (Fsp3) is 0.333. The van der Waals surface area contributed by atoms with E-state index in [-0.39, 0.29) is 0 Å². The average molecular weight is 392 g/mol. The Bertz CT molecular complexity index is 945. The van der Waals surface area contributed by atoms with E-state index in [4.69, 9.17) is 9.84 Å². The summed E-state index contributed by atoms with van der Waals surface area (Å²) in [7, 11) is 1.64. The van der Waals surface area contributed by atoms with Gasteiger partial charge >= 0.3 is 0 Å². The van der Waals surface area contributed by atoms with E-state index < -0.39 is 5.60 Å². The second-order valence-corrected chi connectivity index (χ2v) is 7.38. The van der Waals surface area contributed by atoms with Crippen molar-refractivity contribution in [1.29, 1.82) is 0 Å². The minimum absolute atomic E-state index is 0.297. The molecule has 1 heterocycles. The van der Waals surface area contributed by atoms with E-state index in [0.29, 0.717) is 25.0 Å². The van der Waals surface area contributed by atoms with Crippen LogP contribution in [0.5, 0.6) is 5.75 Å². The van der Waals surface area contributed by atoms with Crippen molar-refractivity contribution in [2.24, 2.45) is 0 Å². The van der Waals surface area contributed by atoms with Crippen LogP contribution < -0.4 is 4.74 Å². The van der Waals surface area contributed by atoms with Gasteiger partial charge in [-0.05, 0) is 50.1 Å². The number of methoxy groups -OCH3 is 1. The maximum Gasteiger partial charge on any atom is 0.120 e. The van der Waals surface area contributed by atoms with Crippen LogP contribution in [-0.2, 0) is 10.4 Å². The van der Waals surface area contributed by atoms with Gasteiger partial charge in [0.05, 0.1) is 24.2 Å². The number of carbonyl (C=O) groups is 1. The first kappa shape index (κ1) is 20.8. The van der Waals surface area contributed by atoms with Crippen LogP contribution in [0.25, 0.3) is 16.9 Å². The summed E-state index contributed by atoms with van der Waals surface area (Å²) in [6, 6.07) is 17.8. The van der Waals surface area contributed by atoms with Crippen molar-refractivity contribution in [1.82, 2.24) is 9.78 Å². The summed E-state index contributed by atoms with van der Waals surface area (Å²) in [5.41, 5.74) is 3.42. The van der Waals surface area contributed by atoms with Crippen LogP contribution in [0.3, 0.4) is 0 Å². The molecule has 0 fully saturated rings. The molecule has 0 bridgehead atoms. The lowest BCUT2D eigenvalue weighted by Gasteiger charge is -2.25. The summed E-state index contributed by atoms with van der Waals surface area (Å²) in [6.45, 7) is 4.07. The van der Waals surface area contributed by atoms with Gasteiger partial charge in [0.25, 0.3) is 0 Å². The van der Waals surface area contributed by atoms with Crippen LogP contribution in [0, 0.1) is 6.92 Å². The van der Waals surface area contributed by atoms with Crippen LogP contribution >= 0.6 is 0 Å². The molecule has 0 aliphatic rings. The zero-order valence-electron chi connectivity index (χ0n) is 17.3. The minimum Gasteiger partial charge on any atom is -0.497 e. The van der Waals surface area contributed by atoms with Crippen molar-refractivity contribution >= 4 is 6.29 Å². The lowest BCUT2D eigenvalue weighted by molar-refractivity contribution is -0.109. The third-order valence-corrected chi connectivity index (χ3v) is 5.19. The fourth-order valence-corrected chi connectivity index (χ4v) is 3.55. The zero-order chi connectivity index (χ0) is 20.9. The second-order valence-electron chi connectivity index (χ2n) is 7.38. The molecule has 0 saturated carbocycles. The first-order valence-corrected chi connectivity index (χ1v) is 9.99. The Morgan fingerprint density at radius 1 is 1.10 bits per heavy atom. The van der Waals surface area contributed by atoms with Gasteiger partial charge in [0, 0.05) is 12.0 Å². The molecule has 5 nitrogen and oxygen atoms in total. The third kappa shape index (κ3) is 4.57. The van der Waals surface area contributed by atoms with Crippen molar-refractivity contribution in [2.45, 2.75) is 45.1 Å². The molecule has 1 unspecified atom stereocenters. The van der Waals surface area contributed by atoms with Gasteiger partial charge in [0.1, 0.15) is 17.6 Å². The van der Waals surface area contributed by atoms with Crippen molar-refractivity contribution in [2.75, 3.05) is 7.11 Å². The van der Waals surface area contributed by atoms with Crippen molar-refractivity contribution in [3.8, 4) is 22.7 Å². The number of rotatable bonds is 9. The Morgan fingerprint density at radius 3 is 2.38 bits per heavy atom. The summed E-state index contributed by atoms with van der Waals surface area (Å²) < 4.78 is 7.11. The summed E-state index contributed by atoms with van der Waals surface area (Å²) in [4.78, 5) is 10.9. The number of benzene rings is 2. The number of ether oxygens (including phenoxy) is 1. The van der Waals surface area contributed by atoms with Crippen molar-refractivity contribution in [3.05, 3.63) is 65.9 Å². The monoisotopic (exact) mass is 392 g/mol. The summed E-state index contributed by atoms with van der Waals surface area (Å²) >= 11 is 0. The summed E-state index contributed by atoms with van der Waals surface area (Å²) in [5.74, 6) is 0.770. The molecule has 29 heavy (non-hydrogen) atoms. The lowest BCUT2D eigenvalue weighted by atomic mass is 9.89. The minimum atomic E-state index is -1.13. The molecule has 2 aromatic carbocycles. The van der Waals surface area contributed by atoms with E-state index in [1.807, 2.05) is 41.9 Å². The fourth-order valence-electron chi connectivity index (χ4n) is 3.55. The van der Waals surface area contributed by atoms with Crippen LogP contribution in [0.4, 0.5) is 0 Å². The summed E-state index contributed by atoms with van der Waals surface area (Å²) in [5, 5.41) is 16.1. The highest BCUT2D eigenvalue weighted by molar-refractivity contribution is 5.63. The molecule has 3 aromatic rings. The third-order valence-electron chi connectivity index (χ3n) is 5.19. The maximum atomic E-state index is 11.3. The van der Waals surface area contributed by atoms with Gasteiger partial charge in [0.15, 0.2) is 0 Å². The molecule has 0 saturated heterocycles. The molecule has 0 amide bonds. The molecule has 0 spiro atoms. The largest absolute Gasteiger partial charge is 0.497 e. The number of carbonyl (C=O) groups excluding carboxylic acids is 1. The number of hydrogen-bond acceptors (Lipinski definition) is 4. The van der Waals surface area contributed by atoms with E-state index in [9.17, 15) is 9.90 Å². The highest BCUT2D eigenvalue weighted by Gasteiger charge is 2.32. The van der Waals surface area contributed by atoms with E-state index in [2.05, 4.69) is 31.2 Å². The molecule has 5 heteroatoms. The molecule has 0 radical (unpaired) electrons. The van der Waals surface area contributed by atoms with Crippen molar-refractivity contribution in [3.63, 3.8) is 0 Å². The summed E-state index contributed by atoms with van der Waals surface area (Å²) in [6.07, 6.45) is 2.85. The first-order valence-electron chi connectivity index (χ1n) is 9.99. The molecular formula is C24H28N2O3. The van der Waals surface area contributed by atoms with Gasteiger partial charge in [-0.15, -0.1) is 0 Å². The van der Waals surface area contributed by atoms with Gasteiger partial charge < -0.3 is 14.6 Å². The lowest BCUT2D eigenvalue weighted by Crippen LogP contribution is -2.26. The van der Waals surface area contributed by atoms with Gasteiger partial charge in [-0.3, -0.25) is 0 Å². The number of aryl methyl sites for hydroxylation is 1. The Morgan fingerprint density at radius 2 is 1.79 bits per heavy atom. The Labute approximate surface area is 172 Å². The topological polar surface area (TPSA) is 64.3 Å². The highest BCUT2D eigenvalue weighted by atomic mass is 16.5. The standard InChI is InChI=1S/C24H28N2O3/c1-4-14-24(28,15-5-16-27)23-17-22(19-8-6-18(2)7-9-19)26(25-23)20-10-12-21(29-3)13-11-20/h6-13,16-17,28H,4-5,14-15H2,1-3H3. The van der Waals surface area contributed by atoms with Gasteiger partial charge in [0.2, 0.25) is 0 Å².